The van der Waals surface area contributed by atoms with Crippen molar-refractivity contribution in [1.29, 1.82) is 0 Å². The molecule has 2 rings (SSSR count). The molecule has 1 aliphatic carbocycles. The average molecular weight is 317 g/mol. The van der Waals surface area contributed by atoms with Crippen LogP contribution in [0.3, 0.4) is 0 Å². The van der Waals surface area contributed by atoms with Gasteiger partial charge in [0.1, 0.15) is 0 Å². The number of nitrogens with one attached hydrogen (secondary N) is 1. The molecule has 0 amide bonds. The van der Waals surface area contributed by atoms with Gasteiger partial charge < -0.3 is 10.4 Å². The summed E-state index contributed by atoms with van der Waals surface area (Å²) < 4.78 is 14.4. The molecule has 1 aromatic heterocycles. The van der Waals surface area contributed by atoms with Gasteiger partial charge in [-0.15, -0.1) is 0 Å². The van der Waals surface area contributed by atoms with Gasteiger partial charge in [-0.1, -0.05) is 6.92 Å². The van der Waals surface area contributed by atoms with Crippen LogP contribution in [0.2, 0.25) is 0 Å². The molecule has 0 bridgehead atoms. The third-order valence-corrected chi connectivity index (χ3v) is 4.16. The van der Waals surface area contributed by atoms with Crippen molar-refractivity contribution in [3.05, 3.63) is 22.6 Å². The quantitative estimate of drug-likeness (QED) is 0.899. The molecule has 0 radical (unpaired) electrons. The van der Waals surface area contributed by atoms with Crippen molar-refractivity contribution < 1.29 is 9.50 Å². The zero-order valence-electron chi connectivity index (χ0n) is 10.4. The molecular weight excluding hydrogens is 299 g/mol. The largest absolute Gasteiger partial charge is 0.394 e. The van der Waals surface area contributed by atoms with Crippen molar-refractivity contribution in [3.8, 4) is 0 Å². The van der Waals surface area contributed by atoms with E-state index in [2.05, 4.69) is 33.2 Å². The fraction of sp³-hybridized carbons (Fsp3) is 0.615. The van der Waals surface area contributed by atoms with E-state index in [4.69, 9.17) is 0 Å². The lowest BCUT2D eigenvalue weighted by Crippen LogP contribution is -2.45. The number of rotatable bonds is 3. The van der Waals surface area contributed by atoms with E-state index in [9.17, 15) is 9.50 Å². The zero-order chi connectivity index (χ0) is 13.2. The molecule has 1 aliphatic rings. The number of hydrogen-bond acceptors (Lipinski definition) is 3. The Hall–Kier alpha value is -0.680. The Morgan fingerprint density at radius 2 is 2.22 bits per heavy atom. The number of aliphatic hydroxyl groups is 1. The van der Waals surface area contributed by atoms with Crippen LogP contribution in [0.4, 0.5) is 10.2 Å². The Morgan fingerprint density at radius 3 is 2.78 bits per heavy atom. The van der Waals surface area contributed by atoms with Crippen LogP contribution in [-0.2, 0) is 0 Å². The molecule has 1 heterocycles. The summed E-state index contributed by atoms with van der Waals surface area (Å²) in [7, 11) is 0. The highest BCUT2D eigenvalue weighted by Crippen LogP contribution is 2.34. The summed E-state index contributed by atoms with van der Waals surface area (Å²) in [4.78, 5) is 4.04. The standard InChI is InChI=1S/C13H18BrFN2O/c1-9-2-4-13(8-18,5-3-9)17-12-11(15)6-10(14)7-16-12/h6-7,9,18H,2-5,8H2,1H3,(H,16,17). The van der Waals surface area contributed by atoms with Crippen molar-refractivity contribution in [1.82, 2.24) is 4.98 Å². The van der Waals surface area contributed by atoms with Gasteiger partial charge in [0.2, 0.25) is 0 Å². The molecule has 0 unspecified atom stereocenters. The smallest absolute Gasteiger partial charge is 0.166 e. The average Bonchev–Trinajstić information content (AvgIpc) is 2.36. The van der Waals surface area contributed by atoms with Gasteiger partial charge in [0, 0.05) is 10.7 Å². The Kier molecular flexibility index (Phi) is 4.22. The predicted octanol–water partition coefficient (Wildman–Crippen LogP) is 3.34. The van der Waals surface area contributed by atoms with E-state index in [1.54, 1.807) is 6.20 Å². The minimum absolute atomic E-state index is 0.0108. The topological polar surface area (TPSA) is 45.1 Å². The molecule has 18 heavy (non-hydrogen) atoms. The molecule has 5 heteroatoms. The maximum atomic E-state index is 13.8. The van der Waals surface area contributed by atoms with Crippen molar-refractivity contribution in [2.45, 2.75) is 38.1 Å². The molecule has 0 spiro atoms. The molecule has 1 saturated carbocycles. The van der Waals surface area contributed by atoms with Gasteiger partial charge in [-0.3, -0.25) is 0 Å². The summed E-state index contributed by atoms with van der Waals surface area (Å²) in [5.74, 6) is 0.506. The van der Waals surface area contributed by atoms with E-state index in [1.807, 2.05) is 0 Å². The van der Waals surface area contributed by atoms with E-state index in [1.165, 1.54) is 6.07 Å². The summed E-state index contributed by atoms with van der Waals surface area (Å²) in [6.45, 7) is 2.22. The molecule has 0 aromatic carbocycles. The highest BCUT2D eigenvalue weighted by Gasteiger charge is 2.34. The van der Waals surface area contributed by atoms with Crippen LogP contribution in [0, 0.1) is 11.7 Å². The molecule has 0 aliphatic heterocycles. The van der Waals surface area contributed by atoms with Crippen LogP contribution in [0.25, 0.3) is 0 Å². The van der Waals surface area contributed by atoms with Gasteiger partial charge in [-0.2, -0.15) is 0 Å². The second-order valence-electron chi connectivity index (χ2n) is 5.23. The minimum atomic E-state index is -0.422. The highest BCUT2D eigenvalue weighted by atomic mass is 79.9. The summed E-state index contributed by atoms with van der Waals surface area (Å²) in [5, 5.41) is 12.7. The molecule has 1 fully saturated rings. The normalized spacial score (nSPS) is 28.1. The van der Waals surface area contributed by atoms with E-state index in [0.29, 0.717) is 10.4 Å². The fourth-order valence-electron chi connectivity index (χ4n) is 2.40. The van der Waals surface area contributed by atoms with Gasteiger partial charge in [0.25, 0.3) is 0 Å². The van der Waals surface area contributed by atoms with Crippen LogP contribution in [0.15, 0.2) is 16.7 Å². The first-order valence-corrected chi connectivity index (χ1v) is 7.04. The van der Waals surface area contributed by atoms with E-state index < -0.39 is 11.4 Å². The molecule has 0 atom stereocenters. The van der Waals surface area contributed by atoms with E-state index in [-0.39, 0.29) is 12.4 Å². The molecule has 3 nitrogen and oxygen atoms in total. The summed E-state index contributed by atoms with van der Waals surface area (Å²) >= 11 is 3.18. The Morgan fingerprint density at radius 1 is 1.56 bits per heavy atom. The first kappa shape index (κ1) is 13.7. The van der Waals surface area contributed by atoms with Crippen molar-refractivity contribution in [2.24, 2.45) is 5.92 Å². The Labute approximate surface area is 115 Å². The third kappa shape index (κ3) is 3.01. The molecule has 0 saturated heterocycles. The summed E-state index contributed by atoms with van der Waals surface area (Å²) in [6.07, 6.45) is 5.35. The number of pyridine rings is 1. The number of halogens is 2. The predicted molar refractivity (Wildman–Crippen MR) is 73.0 cm³/mol. The lowest BCUT2D eigenvalue weighted by molar-refractivity contribution is 0.154. The van der Waals surface area contributed by atoms with Crippen molar-refractivity contribution in [2.75, 3.05) is 11.9 Å². The van der Waals surface area contributed by atoms with E-state index >= 15 is 0 Å². The van der Waals surface area contributed by atoms with Crippen molar-refractivity contribution in [3.63, 3.8) is 0 Å². The third-order valence-electron chi connectivity index (χ3n) is 3.73. The first-order chi connectivity index (χ1) is 8.54. The number of hydrogen-bond donors (Lipinski definition) is 2. The van der Waals surface area contributed by atoms with Gasteiger partial charge >= 0.3 is 0 Å². The Balaban J connectivity index is 2.15. The second-order valence-corrected chi connectivity index (χ2v) is 6.15. The van der Waals surface area contributed by atoms with Gasteiger partial charge in [0.15, 0.2) is 11.6 Å². The summed E-state index contributed by atoms with van der Waals surface area (Å²) in [6, 6.07) is 1.38. The van der Waals surface area contributed by atoms with E-state index in [0.717, 1.165) is 25.7 Å². The lowest BCUT2D eigenvalue weighted by atomic mass is 9.77. The van der Waals surface area contributed by atoms with Gasteiger partial charge in [-0.25, -0.2) is 9.37 Å². The maximum Gasteiger partial charge on any atom is 0.166 e. The van der Waals surface area contributed by atoms with Crippen LogP contribution in [-0.4, -0.2) is 22.2 Å². The van der Waals surface area contributed by atoms with Gasteiger partial charge in [0.05, 0.1) is 12.1 Å². The number of aromatic nitrogens is 1. The maximum absolute atomic E-state index is 13.8. The monoisotopic (exact) mass is 316 g/mol. The fourth-order valence-corrected chi connectivity index (χ4v) is 2.70. The Bertz CT molecular complexity index is 419. The van der Waals surface area contributed by atoms with Crippen molar-refractivity contribution >= 4 is 21.7 Å². The van der Waals surface area contributed by atoms with Crippen LogP contribution in [0.1, 0.15) is 32.6 Å². The molecule has 100 valence electrons. The highest BCUT2D eigenvalue weighted by molar-refractivity contribution is 9.10. The lowest BCUT2D eigenvalue weighted by Gasteiger charge is -2.39. The zero-order valence-corrected chi connectivity index (χ0v) is 12.0. The van der Waals surface area contributed by atoms with Gasteiger partial charge in [-0.05, 0) is 53.6 Å². The number of anilines is 1. The second kappa shape index (κ2) is 5.53. The molecule has 2 N–H and O–H groups in total. The summed E-state index contributed by atoms with van der Waals surface area (Å²) in [5.41, 5.74) is -0.422. The SMILES string of the molecule is CC1CCC(CO)(Nc2ncc(Br)cc2F)CC1. The van der Waals surface area contributed by atoms with Crippen LogP contribution in [0.5, 0.6) is 0 Å². The number of nitrogens with zero attached hydrogens (tertiary/aromatic N) is 1. The minimum Gasteiger partial charge on any atom is -0.394 e. The molecular formula is C13H18BrFN2O. The molecule has 1 aromatic rings. The van der Waals surface area contributed by atoms with Crippen LogP contribution >= 0.6 is 15.9 Å². The van der Waals surface area contributed by atoms with Crippen LogP contribution < -0.4 is 5.32 Å². The number of aliphatic hydroxyl groups excluding tert-OH is 1. The first-order valence-electron chi connectivity index (χ1n) is 6.25.